The molecule has 1 aromatic heterocycles. The van der Waals surface area contributed by atoms with E-state index in [0.717, 1.165) is 25.2 Å². The monoisotopic (exact) mass is 341 g/mol. The second-order valence-electron chi connectivity index (χ2n) is 7.01. The number of nitrogens with one attached hydrogen (secondary N) is 2. The molecule has 134 valence electrons. The van der Waals surface area contributed by atoms with Gasteiger partial charge in [-0.25, -0.2) is 4.79 Å². The maximum atomic E-state index is 12.3. The molecule has 1 aliphatic heterocycles. The van der Waals surface area contributed by atoms with Gasteiger partial charge in [-0.3, -0.25) is 4.68 Å². The number of amides is 2. The molecule has 1 saturated heterocycles. The van der Waals surface area contributed by atoms with E-state index in [1.807, 2.05) is 19.4 Å². The van der Waals surface area contributed by atoms with Gasteiger partial charge < -0.3 is 15.5 Å². The molecule has 0 aliphatic carbocycles. The summed E-state index contributed by atoms with van der Waals surface area (Å²) in [4.78, 5) is 14.5. The van der Waals surface area contributed by atoms with Crippen LogP contribution in [0.25, 0.3) is 0 Å². The van der Waals surface area contributed by atoms with Gasteiger partial charge in [0.25, 0.3) is 0 Å². The third-order valence-electron chi connectivity index (χ3n) is 4.85. The minimum absolute atomic E-state index is 0.0996. The van der Waals surface area contributed by atoms with Crippen molar-refractivity contribution in [2.75, 3.05) is 18.0 Å². The molecule has 6 heteroatoms. The average molecular weight is 341 g/mol. The second kappa shape index (κ2) is 7.17. The van der Waals surface area contributed by atoms with Crippen molar-refractivity contribution in [3.05, 3.63) is 46.8 Å². The van der Waals surface area contributed by atoms with E-state index in [0.29, 0.717) is 6.54 Å². The fraction of sp³-hybridized carbons (Fsp3) is 0.474. The molecule has 1 fully saturated rings. The quantitative estimate of drug-likeness (QED) is 0.898. The number of urea groups is 1. The molecule has 3 rings (SSSR count). The first-order valence-electron chi connectivity index (χ1n) is 8.77. The summed E-state index contributed by atoms with van der Waals surface area (Å²) in [5.74, 6) is 0. The molecule has 0 bridgehead atoms. The number of aryl methyl sites for hydroxylation is 4. The van der Waals surface area contributed by atoms with Gasteiger partial charge in [-0.15, -0.1) is 0 Å². The lowest BCUT2D eigenvalue weighted by Crippen LogP contribution is -2.43. The highest BCUT2D eigenvalue weighted by Crippen LogP contribution is 2.19. The van der Waals surface area contributed by atoms with Crippen LogP contribution >= 0.6 is 0 Å². The first-order valence-corrected chi connectivity index (χ1v) is 8.77. The van der Waals surface area contributed by atoms with Crippen LogP contribution < -0.4 is 15.5 Å². The summed E-state index contributed by atoms with van der Waals surface area (Å²) < 4.78 is 1.80. The summed E-state index contributed by atoms with van der Waals surface area (Å²) in [6.07, 6.45) is 4.82. The highest BCUT2D eigenvalue weighted by Gasteiger charge is 2.24. The molecular formula is C19H27N5O. The van der Waals surface area contributed by atoms with Gasteiger partial charge in [-0.05, 0) is 43.9 Å². The number of rotatable bonds is 4. The van der Waals surface area contributed by atoms with Crippen molar-refractivity contribution in [2.45, 2.75) is 39.8 Å². The van der Waals surface area contributed by atoms with Gasteiger partial charge in [-0.2, -0.15) is 5.10 Å². The zero-order valence-corrected chi connectivity index (χ0v) is 15.5. The average Bonchev–Trinajstić information content (AvgIpc) is 3.15. The van der Waals surface area contributed by atoms with E-state index in [-0.39, 0.29) is 12.1 Å². The number of carbonyl (C=O) groups excluding carboxylic acids is 1. The molecule has 0 spiro atoms. The predicted octanol–water partition coefficient (Wildman–Crippen LogP) is 2.42. The Balaban J connectivity index is 1.50. The maximum Gasteiger partial charge on any atom is 0.315 e. The molecule has 25 heavy (non-hydrogen) atoms. The van der Waals surface area contributed by atoms with E-state index in [9.17, 15) is 4.79 Å². The number of carbonyl (C=O) groups is 1. The van der Waals surface area contributed by atoms with Gasteiger partial charge in [0.05, 0.1) is 11.9 Å². The van der Waals surface area contributed by atoms with Crippen LogP contribution in [0.5, 0.6) is 0 Å². The highest BCUT2D eigenvalue weighted by atomic mass is 16.2. The fourth-order valence-electron chi connectivity index (χ4n) is 3.58. The van der Waals surface area contributed by atoms with E-state index in [2.05, 4.69) is 53.5 Å². The van der Waals surface area contributed by atoms with E-state index >= 15 is 0 Å². The predicted molar refractivity (Wildman–Crippen MR) is 99.9 cm³/mol. The van der Waals surface area contributed by atoms with Gasteiger partial charge in [0.2, 0.25) is 0 Å². The lowest BCUT2D eigenvalue weighted by molar-refractivity contribution is 0.237. The number of hydrogen-bond donors (Lipinski definition) is 2. The van der Waals surface area contributed by atoms with E-state index in [1.54, 1.807) is 4.68 Å². The molecule has 6 nitrogen and oxygen atoms in total. The summed E-state index contributed by atoms with van der Waals surface area (Å²) in [5, 5.41) is 10.3. The SMILES string of the molecule is Cc1cc(C)c(CNC(=O)N[C@H]2CCN(c3cnn(C)c3)C2)c(C)c1. The van der Waals surface area contributed by atoms with Gasteiger partial charge in [-0.1, -0.05) is 17.7 Å². The lowest BCUT2D eigenvalue weighted by Gasteiger charge is -2.18. The van der Waals surface area contributed by atoms with E-state index in [1.165, 1.54) is 22.3 Å². The number of benzene rings is 1. The van der Waals surface area contributed by atoms with Gasteiger partial charge in [0.15, 0.2) is 0 Å². The molecule has 1 aliphatic rings. The molecular weight excluding hydrogens is 314 g/mol. The second-order valence-corrected chi connectivity index (χ2v) is 7.01. The Morgan fingerprint density at radius 3 is 2.64 bits per heavy atom. The summed E-state index contributed by atoms with van der Waals surface area (Å²) in [6.45, 7) is 8.60. The number of anilines is 1. The van der Waals surface area contributed by atoms with Crippen molar-refractivity contribution >= 4 is 11.7 Å². The van der Waals surface area contributed by atoms with Crippen molar-refractivity contribution in [2.24, 2.45) is 7.05 Å². The summed E-state index contributed by atoms with van der Waals surface area (Å²) in [7, 11) is 1.91. The zero-order valence-electron chi connectivity index (χ0n) is 15.5. The van der Waals surface area contributed by atoms with Crippen LogP contribution in [0.1, 0.15) is 28.7 Å². The molecule has 0 saturated carbocycles. The summed E-state index contributed by atoms with van der Waals surface area (Å²) in [6, 6.07) is 4.38. The molecule has 0 unspecified atom stereocenters. The van der Waals surface area contributed by atoms with Crippen LogP contribution in [0, 0.1) is 20.8 Å². The van der Waals surface area contributed by atoms with Crippen molar-refractivity contribution in [3.8, 4) is 0 Å². The fourth-order valence-corrected chi connectivity index (χ4v) is 3.58. The molecule has 0 radical (unpaired) electrons. The summed E-state index contributed by atoms with van der Waals surface area (Å²) >= 11 is 0. The zero-order chi connectivity index (χ0) is 18.0. The van der Waals surface area contributed by atoms with Gasteiger partial charge in [0, 0.05) is 38.9 Å². The minimum Gasteiger partial charge on any atom is -0.367 e. The van der Waals surface area contributed by atoms with E-state index < -0.39 is 0 Å². The first-order chi connectivity index (χ1) is 11.9. The Labute approximate surface area is 149 Å². The Hall–Kier alpha value is -2.50. The van der Waals surface area contributed by atoms with Crippen molar-refractivity contribution in [1.29, 1.82) is 0 Å². The summed E-state index contributed by atoms with van der Waals surface area (Å²) in [5.41, 5.74) is 6.01. The third kappa shape index (κ3) is 4.13. The van der Waals surface area contributed by atoms with Crippen LogP contribution in [0.15, 0.2) is 24.5 Å². The lowest BCUT2D eigenvalue weighted by atomic mass is 10.00. The first kappa shape index (κ1) is 17.3. The van der Waals surface area contributed by atoms with Crippen molar-refractivity contribution in [3.63, 3.8) is 0 Å². The highest BCUT2D eigenvalue weighted by molar-refractivity contribution is 5.74. The number of hydrogen-bond acceptors (Lipinski definition) is 3. The van der Waals surface area contributed by atoms with Gasteiger partial charge in [0.1, 0.15) is 0 Å². The molecule has 1 atom stereocenters. The Kier molecular flexibility index (Phi) is 4.97. The Morgan fingerprint density at radius 2 is 2.00 bits per heavy atom. The minimum atomic E-state index is -0.0996. The Bertz CT molecular complexity index is 744. The standard InChI is InChI=1S/C19H27N5O/c1-13-7-14(2)18(15(3)8-13)10-20-19(25)22-16-5-6-24(11-16)17-9-21-23(4)12-17/h7-9,12,16H,5-6,10-11H2,1-4H3,(H2,20,22,25)/t16-/m0/s1. The normalized spacial score (nSPS) is 17.0. The van der Waals surface area contributed by atoms with Gasteiger partial charge >= 0.3 is 6.03 Å². The van der Waals surface area contributed by atoms with E-state index in [4.69, 9.17) is 0 Å². The van der Waals surface area contributed by atoms with Crippen LogP contribution in [0.4, 0.5) is 10.5 Å². The van der Waals surface area contributed by atoms with Crippen LogP contribution in [-0.2, 0) is 13.6 Å². The Morgan fingerprint density at radius 1 is 1.28 bits per heavy atom. The molecule has 2 aromatic rings. The van der Waals surface area contributed by atoms with Crippen molar-refractivity contribution in [1.82, 2.24) is 20.4 Å². The van der Waals surface area contributed by atoms with Crippen LogP contribution in [0.2, 0.25) is 0 Å². The number of aromatic nitrogens is 2. The molecule has 1 aromatic carbocycles. The molecule has 2 heterocycles. The largest absolute Gasteiger partial charge is 0.367 e. The number of nitrogens with zero attached hydrogens (tertiary/aromatic N) is 3. The third-order valence-corrected chi connectivity index (χ3v) is 4.85. The molecule has 2 N–H and O–H groups in total. The smallest absolute Gasteiger partial charge is 0.315 e. The van der Waals surface area contributed by atoms with Crippen LogP contribution in [-0.4, -0.2) is 34.9 Å². The van der Waals surface area contributed by atoms with Crippen molar-refractivity contribution < 1.29 is 4.79 Å². The molecule has 2 amide bonds. The maximum absolute atomic E-state index is 12.3. The topological polar surface area (TPSA) is 62.2 Å². The van der Waals surface area contributed by atoms with Crippen LogP contribution in [0.3, 0.4) is 0 Å².